The number of para-hydroxylation sites is 1. The van der Waals surface area contributed by atoms with E-state index in [-0.39, 0.29) is 11.5 Å². The quantitative estimate of drug-likeness (QED) is 0.588. The molecule has 0 fully saturated rings. The Morgan fingerprint density at radius 2 is 1.78 bits per heavy atom. The smallest absolute Gasteiger partial charge is 0.277 e. The zero-order chi connectivity index (χ0) is 19.0. The first-order valence-electron chi connectivity index (χ1n) is 8.46. The van der Waals surface area contributed by atoms with E-state index in [1.165, 1.54) is 6.92 Å². The Morgan fingerprint density at radius 3 is 2.44 bits per heavy atom. The topological polar surface area (TPSA) is 92.7 Å². The summed E-state index contributed by atoms with van der Waals surface area (Å²) in [6, 6.07) is 16.6. The van der Waals surface area contributed by atoms with Gasteiger partial charge in [0.1, 0.15) is 11.3 Å². The molecule has 0 aliphatic heterocycles. The average molecular weight is 359 g/mol. The minimum Gasteiger partial charge on any atom is -0.326 e. The fraction of sp³-hybridized carbons (Fsp3) is 0.100. The molecule has 27 heavy (non-hydrogen) atoms. The minimum atomic E-state index is -0.259. The molecule has 4 rings (SSSR count). The van der Waals surface area contributed by atoms with E-state index < -0.39 is 0 Å². The van der Waals surface area contributed by atoms with Crippen molar-refractivity contribution in [3.8, 4) is 17.1 Å². The van der Waals surface area contributed by atoms with E-state index in [4.69, 9.17) is 0 Å². The molecule has 0 atom stereocenters. The Hall–Kier alpha value is -3.74. The number of H-pyrrole nitrogens is 1. The number of aromatic nitrogens is 4. The standard InChI is InChI=1S/C20H17N5O2/c1-12-17-18(25(24-12)16-6-4-3-5-7-16)20(27)23-19(22-17)14-8-10-15(11-9-14)21-13(2)26/h3-11H,1-2H3,(H,21,26)(H,22,23,27). The van der Waals surface area contributed by atoms with Crippen molar-refractivity contribution >= 4 is 22.6 Å². The van der Waals surface area contributed by atoms with Gasteiger partial charge >= 0.3 is 0 Å². The van der Waals surface area contributed by atoms with Crippen molar-refractivity contribution in [2.24, 2.45) is 0 Å². The molecular weight excluding hydrogens is 342 g/mol. The molecule has 1 amide bonds. The van der Waals surface area contributed by atoms with Gasteiger partial charge in [0.25, 0.3) is 5.56 Å². The van der Waals surface area contributed by atoms with Gasteiger partial charge in [-0.2, -0.15) is 5.10 Å². The van der Waals surface area contributed by atoms with Crippen LogP contribution >= 0.6 is 0 Å². The number of anilines is 1. The predicted molar refractivity (Wildman–Crippen MR) is 104 cm³/mol. The Kier molecular flexibility index (Phi) is 4.04. The van der Waals surface area contributed by atoms with E-state index in [0.717, 1.165) is 11.3 Å². The summed E-state index contributed by atoms with van der Waals surface area (Å²) in [4.78, 5) is 31.4. The number of aromatic amines is 1. The Morgan fingerprint density at radius 1 is 1.07 bits per heavy atom. The maximum Gasteiger partial charge on any atom is 0.277 e. The van der Waals surface area contributed by atoms with Gasteiger partial charge in [-0.3, -0.25) is 9.59 Å². The second kappa shape index (κ2) is 6.53. The third-order valence-corrected chi connectivity index (χ3v) is 4.18. The Balaban J connectivity index is 1.82. The summed E-state index contributed by atoms with van der Waals surface area (Å²) >= 11 is 0. The third kappa shape index (κ3) is 3.10. The number of rotatable bonds is 3. The molecule has 7 nitrogen and oxygen atoms in total. The number of hydrogen-bond acceptors (Lipinski definition) is 4. The van der Waals surface area contributed by atoms with E-state index >= 15 is 0 Å². The summed E-state index contributed by atoms with van der Waals surface area (Å²) in [5.41, 5.74) is 3.62. The van der Waals surface area contributed by atoms with Crippen LogP contribution in [-0.4, -0.2) is 25.7 Å². The van der Waals surface area contributed by atoms with Crippen LogP contribution in [-0.2, 0) is 4.79 Å². The van der Waals surface area contributed by atoms with Crippen LogP contribution in [0.3, 0.4) is 0 Å². The number of nitrogens with one attached hydrogen (secondary N) is 2. The highest BCUT2D eigenvalue weighted by Gasteiger charge is 2.16. The lowest BCUT2D eigenvalue weighted by molar-refractivity contribution is -0.114. The maximum absolute atomic E-state index is 12.8. The van der Waals surface area contributed by atoms with Crippen LogP contribution in [0.15, 0.2) is 59.4 Å². The molecule has 0 bridgehead atoms. The highest BCUT2D eigenvalue weighted by Crippen LogP contribution is 2.22. The molecule has 0 unspecified atom stereocenters. The van der Waals surface area contributed by atoms with E-state index in [0.29, 0.717) is 28.2 Å². The lowest BCUT2D eigenvalue weighted by Gasteiger charge is -2.05. The fourth-order valence-electron chi connectivity index (χ4n) is 2.97. The molecule has 0 saturated carbocycles. The molecular formula is C20H17N5O2. The zero-order valence-corrected chi connectivity index (χ0v) is 14.9. The van der Waals surface area contributed by atoms with Gasteiger partial charge in [0.15, 0.2) is 5.52 Å². The van der Waals surface area contributed by atoms with Gasteiger partial charge in [-0.25, -0.2) is 9.67 Å². The van der Waals surface area contributed by atoms with Crippen molar-refractivity contribution < 1.29 is 4.79 Å². The molecule has 7 heteroatoms. The molecule has 2 heterocycles. The molecule has 0 aliphatic carbocycles. The molecule has 2 aromatic carbocycles. The van der Waals surface area contributed by atoms with E-state index in [1.54, 1.807) is 28.9 Å². The lowest BCUT2D eigenvalue weighted by atomic mass is 10.2. The molecule has 2 aromatic heterocycles. The van der Waals surface area contributed by atoms with Crippen LogP contribution in [0.5, 0.6) is 0 Å². The molecule has 0 saturated heterocycles. The Labute approximate surface area is 154 Å². The van der Waals surface area contributed by atoms with E-state index in [1.807, 2.05) is 37.3 Å². The van der Waals surface area contributed by atoms with Gasteiger partial charge in [0.05, 0.1) is 11.4 Å². The van der Waals surface area contributed by atoms with Crippen LogP contribution < -0.4 is 10.9 Å². The first-order chi connectivity index (χ1) is 13.0. The maximum atomic E-state index is 12.8. The number of carbonyl (C=O) groups is 1. The second-order valence-electron chi connectivity index (χ2n) is 6.20. The second-order valence-corrected chi connectivity index (χ2v) is 6.20. The van der Waals surface area contributed by atoms with Crippen LogP contribution in [0.25, 0.3) is 28.1 Å². The van der Waals surface area contributed by atoms with Crippen LogP contribution in [0.2, 0.25) is 0 Å². The summed E-state index contributed by atoms with van der Waals surface area (Å²) in [5.74, 6) is 0.317. The molecule has 134 valence electrons. The number of carbonyl (C=O) groups excluding carboxylic acids is 1. The van der Waals surface area contributed by atoms with Crippen LogP contribution in [0, 0.1) is 6.92 Å². The van der Waals surface area contributed by atoms with Crippen molar-refractivity contribution in [1.82, 2.24) is 19.7 Å². The first-order valence-corrected chi connectivity index (χ1v) is 8.46. The highest BCUT2D eigenvalue weighted by atomic mass is 16.1. The monoisotopic (exact) mass is 359 g/mol. The van der Waals surface area contributed by atoms with E-state index in [9.17, 15) is 9.59 Å². The number of benzene rings is 2. The molecule has 4 aromatic rings. The van der Waals surface area contributed by atoms with Crippen molar-refractivity contribution in [1.29, 1.82) is 0 Å². The van der Waals surface area contributed by atoms with Gasteiger partial charge in [-0.05, 0) is 43.3 Å². The van der Waals surface area contributed by atoms with Crippen molar-refractivity contribution in [2.45, 2.75) is 13.8 Å². The summed E-state index contributed by atoms with van der Waals surface area (Å²) in [6.07, 6.45) is 0. The number of fused-ring (bicyclic) bond motifs is 1. The fourth-order valence-corrected chi connectivity index (χ4v) is 2.97. The van der Waals surface area contributed by atoms with Crippen LogP contribution in [0.4, 0.5) is 5.69 Å². The van der Waals surface area contributed by atoms with Crippen molar-refractivity contribution in [2.75, 3.05) is 5.32 Å². The minimum absolute atomic E-state index is 0.139. The largest absolute Gasteiger partial charge is 0.326 e. The number of aryl methyl sites for hydroxylation is 1. The normalized spacial score (nSPS) is 10.9. The third-order valence-electron chi connectivity index (χ3n) is 4.18. The Bertz CT molecular complexity index is 1190. The van der Waals surface area contributed by atoms with Gasteiger partial charge in [-0.1, -0.05) is 18.2 Å². The lowest BCUT2D eigenvalue weighted by Crippen LogP contribution is -2.13. The number of hydrogen-bond donors (Lipinski definition) is 2. The van der Waals surface area contributed by atoms with Gasteiger partial charge in [-0.15, -0.1) is 0 Å². The zero-order valence-electron chi connectivity index (χ0n) is 14.9. The van der Waals surface area contributed by atoms with Crippen LogP contribution in [0.1, 0.15) is 12.6 Å². The summed E-state index contributed by atoms with van der Waals surface area (Å²) in [7, 11) is 0. The predicted octanol–water partition coefficient (Wildman–Crippen LogP) is 3.04. The number of nitrogens with zero attached hydrogens (tertiary/aromatic N) is 3. The summed E-state index contributed by atoms with van der Waals surface area (Å²) in [5, 5.41) is 7.20. The SMILES string of the molecule is CC(=O)Nc1ccc(-c2nc3c(C)nn(-c4ccccc4)c3c(=O)[nH]2)cc1. The first kappa shape index (κ1) is 16.7. The highest BCUT2D eigenvalue weighted by molar-refractivity contribution is 5.89. The summed E-state index contributed by atoms with van der Waals surface area (Å²) < 4.78 is 1.61. The number of amides is 1. The van der Waals surface area contributed by atoms with Gasteiger partial charge in [0, 0.05) is 18.2 Å². The van der Waals surface area contributed by atoms with Gasteiger partial charge in [0.2, 0.25) is 5.91 Å². The van der Waals surface area contributed by atoms with E-state index in [2.05, 4.69) is 20.4 Å². The van der Waals surface area contributed by atoms with Crippen molar-refractivity contribution in [3.63, 3.8) is 0 Å². The average Bonchev–Trinajstić information content (AvgIpc) is 3.00. The molecule has 2 N–H and O–H groups in total. The van der Waals surface area contributed by atoms with Crippen molar-refractivity contribution in [3.05, 3.63) is 70.6 Å². The molecule has 0 spiro atoms. The molecule has 0 aliphatic rings. The molecule has 0 radical (unpaired) electrons. The van der Waals surface area contributed by atoms with Gasteiger partial charge < -0.3 is 10.3 Å². The summed E-state index contributed by atoms with van der Waals surface area (Å²) in [6.45, 7) is 3.28.